The number of likely N-dealkylation sites (N-methyl/N-ethyl adjacent to an activating group) is 1. The van der Waals surface area contributed by atoms with Gasteiger partial charge in [-0.1, -0.05) is 11.8 Å². The molecule has 2 aromatic rings. The van der Waals surface area contributed by atoms with Crippen LogP contribution >= 0.6 is 11.8 Å². The van der Waals surface area contributed by atoms with Crippen LogP contribution in [0.25, 0.3) is 0 Å². The van der Waals surface area contributed by atoms with Crippen LogP contribution in [0.15, 0.2) is 27.8 Å². The molecule has 0 atom stereocenters. The number of nitrogens with one attached hydrogen (secondary N) is 1. The summed E-state index contributed by atoms with van der Waals surface area (Å²) in [4.78, 5) is 26.0. The number of hydrogen-bond donors (Lipinski definition) is 1. The van der Waals surface area contributed by atoms with E-state index in [0.717, 1.165) is 56.3 Å². The van der Waals surface area contributed by atoms with E-state index in [-0.39, 0.29) is 5.91 Å². The van der Waals surface area contributed by atoms with Crippen molar-refractivity contribution in [3.05, 3.63) is 35.4 Å². The lowest BCUT2D eigenvalue weighted by atomic mass is 10.3. The van der Waals surface area contributed by atoms with Gasteiger partial charge in [0.1, 0.15) is 11.6 Å². The Morgan fingerprint density at radius 1 is 1.28 bits per heavy atom. The van der Waals surface area contributed by atoms with Crippen molar-refractivity contribution in [2.45, 2.75) is 36.4 Å². The molecule has 9 heteroatoms. The normalized spacial score (nSPS) is 17.5. The molecule has 0 spiro atoms. The molecule has 1 saturated heterocycles. The van der Waals surface area contributed by atoms with Crippen LogP contribution in [0.1, 0.15) is 34.9 Å². The van der Waals surface area contributed by atoms with E-state index in [2.05, 4.69) is 27.1 Å². The second-order valence-electron chi connectivity index (χ2n) is 7.53. The molecule has 1 aliphatic heterocycles. The van der Waals surface area contributed by atoms with Crippen LogP contribution in [0.2, 0.25) is 0 Å². The molecule has 2 aliphatic rings. The third-order valence-corrected chi connectivity index (χ3v) is 5.88. The Balaban J connectivity index is 1.42. The zero-order valence-electron chi connectivity index (χ0n) is 16.9. The number of nitrogens with zero attached hydrogens (tertiary/aromatic N) is 4. The Hall–Kier alpha value is -2.10. The zero-order valence-corrected chi connectivity index (χ0v) is 17.7. The second-order valence-corrected chi connectivity index (χ2v) is 8.47. The van der Waals surface area contributed by atoms with E-state index in [0.29, 0.717) is 29.3 Å². The molecule has 3 heterocycles. The van der Waals surface area contributed by atoms with Crippen molar-refractivity contribution < 1.29 is 13.9 Å². The largest absolute Gasteiger partial charge is 0.455 e. The smallest absolute Gasteiger partial charge is 0.287 e. The number of piperazine rings is 1. The first kappa shape index (κ1) is 20.2. The topological polar surface area (TPSA) is 83.7 Å². The molecule has 2 fully saturated rings. The van der Waals surface area contributed by atoms with Gasteiger partial charge < -0.3 is 24.3 Å². The van der Waals surface area contributed by atoms with Gasteiger partial charge in [0.05, 0.1) is 18.1 Å². The summed E-state index contributed by atoms with van der Waals surface area (Å²) in [5, 5.41) is 3.63. The molecule has 1 amide bonds. The average Bonchev–Trinajstić information content (AvgIpc) is 3.40. The van der Waals surface area contributed by atoms with Gasteiger partial charge in [0.2, 0.25) is 0 Å². The minimum atomic E-state index is -0.139. The number of methoxy groups -OCH3 is 1. The lowest BCUT2D eigenvalue weighted by Crippen LogP contribution is -2.44. The number of thioether (sulfide) groups is 1. The lowest BCUT2D eigenvalue weighted by Gasteiger charge is -2.33. The van der Waals surface area contributed by atoms with Gasteiger partial charge in [0.25, 0.3) is 5.91 Å². The fourth-order valence-electron chi connectivity index (χ4n) is 3.14. The highest BCUT2D eigenvalue weighted by atomic mass is 32.2. The zero-order chi connectivity index (χ0) is 20.2. The third-order valence-electron chi connectivity index (χ3n) is 5.01. The van der Waals surface area contributed by atoms with Gasteiger partial charge in [-0.15, -0.1) is 0 Å². The second kappa shape index (κ2) is 9.15. The first-order valence-corrected chi connectivity index (χ1v) is 10.9. The summed E-state index contributed by atoms with van der Waals surface area (Å²) in [5.41, 5.74) is 0.864. The predicted octanol–water partition coefficient (Wildman–Crippen LogP) is 2.15. The predicted molar refractivity (Wildman–Crippen MR) is 111 cm³/mol. The van der Waals surface area contributed by atoms with Crippen LogP contribution < -0.4 is 10.2 Å². The van der Waals surface area contributed by atoms with E-state index in [9.17, 15) is 4.79 Å². The Morgan fingerprint density at radius 3 is 2.79 bits per heavy atom. The highest BCUT2D eigenvalue weighted by molar-refractivity contribution is 7.98. The fraction of sp³-hybridized carbons (Fsp3) is 0.550. The molecule has 0 unspecified atom stereocenters. The molecule has 1 aliphatic carbocycles. The minimum absolute atomic E-state index is 0.139. The lowest BCUT2D eigenvalue weighted by molar-refractivity contribution is 0.0922. The van der Waals surface area contributed by atoms with Crippen molar-refractivity contribution in [3.8, 4) is 0 Å². The quantitative estimate of drug-likeness (QED) is 0.517. The molecule has 156 valence electrons. The average molecular weight is 418 g/mol. The summed E-state index contributed by atoms with van der Waals surface area (Å²) in [6, 6.07) is 5.89. The minimum Gasteiger partial charge on any atom is -0.455 e. The van der Waals surface area contributed by atoms with Crippen molar-refractivity contribution in [2.24, 2.45) is 0 Å². The molecule has 2 aromatic heterocycles. The van der Waals surface area contributed by atoms with Gasteiger partial charge in [0.15, 0.2) is 10.9 Å². The molecular weight excluding hydrogens is 390 g/mol. The van der Waals surface area contributed by atoms with Crippen molar-refractivity contribution in [1.82, 2.24) is 20.2 Å². The van der Waals surface area contributed by atoms with Crippen LogP contribution in [0, 0.1) is 0 Å². The highest BCUT2D eigenvalue weighted by Gasteiger charge is 2.25. The number of aromatic nitrogens is 2. The standard InChI is InChI=1S/C20H27N5O3S/c1-24-7-9-25(10-8-24)18-11-15(12-27-2)22-20(23-18)29-13-16-5-6-17(28-16)19(26)21-14-3-4-14/h5-6,11,14H,3-4,7-10,12-13H2,1-2H3,(H,21,26). The van der Waals surface area contributed by atoms with Crippen molar-refractivity contribution in [1.29, 1.82) is 0 Å². The van der Waals surface area contributed by atoms with E-state index >= 15 is 0 Å². The van der Waals surface area contributed by atoms with Gasteiger partial charge in [-0.25, -0.2) is 9.97 Å². The number of rotatable bonds is 8. The van der Waals surface area contributed by atoms with Crippen LogP contribution in [-0.4, -0.2) is 67.2 Å². The molecule has 1 saturated carbocycles. The molecule has 29 heavy (non-hydrogen) atoms. The Kier molecular flexibility index (Phi) is 6.37. The van der Waals surface area contributed by atoms with Crippen LogP contribution in [0.5, 0.6) is 0 Å². The van der Waals surface area contributed by atoms with Crippen LogP contribution in [0.3, 0.4) is 0 Å². The molecule has 1 N–H and O–H groups in total. The first-order chi connectivity index (χ1) is 14.1. The number of carbonyl (C=O) groups is 1. The summed E-state index contributed by atoms with van der Waals surface area (Å²) < 4.78 is 11.0. The van der Waals surface area contributed by atoms with Gasteiger partial charge in [-0.3, -0.25) is 4.79 Å². The first-order valence-electron chi connectivity index (χ1n) is 9.93. The SMILES string of the molecule is COCc1cc(N2CCN(C)CC2)nc(SCc2ccc(C(=O)NC3CC3)o2)n1. The number of amides is 1. The van der Waals surface area contributed by atoms with Gasteiger partial charge >= 0.3 is 0 Å². The summed E-state index contributed by atoms with van der Waals surface area (Å²) in [5.74, 6) is 2.46. The Labute approximate surface area is 175 Å². The fourth-order valence-corrected chi connectivity index (χ4v) is 3.91. The van der Waals surface area contributed by atoms with E-state index < -0.39 is 0 Å². The number of anilines is 1. The molecule has 0 bridgehead atoms. The Bertz CT molecular complexity index is 846. The van der Waals surface area contributed by atoms with Crippen molar-refractivity contribution in [2.75, 3.05) is 45.2 Å². The van der Waals surface area contributed by atoms with Crippen molar-refractivity contribution >= 4 is 23.5 Å². The molecule has 0 radical (unpaired) electrons. The Morgan fingerprint density at radius 2 is 2.07 bits per heavy atom. The van der Waals surface area contributed by atoms with E-state index in [1.54, 1.807) is 13.2 Å². The summed E-state index contributed by atoms with van der Waals surface area (Å²) >= 11 is 1.50. The molecule has 8 nitrogen and oxygen atoms in total. The monoisotopic (exact) mass is 417 g/mol. The number of furan rings is 1. The van der Waals surface area contributed by atoms with E-state index in [1.807, 2.05) is 12.1 Å². The molecular formula is C20H27N5O3S. The number of carbonyl (C=O) groups excluding carboxylic acids is 1. The molecule has 4 rings (SSSR count). The molecule has 0 aromatic carbocycles. The van der Waals surface area contributed by atoms with E-state index in [4.69, 9.17) is 14.1 Å². The maximum absolute atomic E-state index is 12.1. The van der Waals surface area contributed by atoms with Crippen LogP contribution in [-0.2, 0) is 17.1 Å². The maximum Gasteiger partial charge on any atom is 0.287 e. The van der Waals surface area contributed by atoms with E-state index in [1.165, 1.54) is 11.8 Å². The number of ether oxygens (including phenoxy) is 1. The van der Waals surface area contributed by atoms with Crippen LogP contribution in [0.4, 0.5) is 5.82 Å². The summed E-state index contributed by atoms with van der Waals surface area (Å²) in [7, 11) is 3.80. The third kappa shape index (κ3) is 5.49. The summed E-state index contributed by atoms with van der Waals surface area (Å²) in [6.45, 7) is 4.38. The van der Waals surface area contributed by atoms with Crippen molar-refractivity contribution in [3.63, 3.8) is 0 Å². The number of hydrogen-bond acceptors (Lipinski definition) is 8. The van der Waals surface area contributed by atoms with Gasteiger partial charge in [-0.2, -0.15) is 0 Å². The van der Waals surface area contributed by atoms with Gasteiger partial charge in [-0.05, 0) is 32.0 Å². The highest BCUT2D eigenvalue weighted by Crippen LogP contribution is 2.25. The maximum atomic E-state index is 12.1. The van der Waals surface area contributed by atoms with Gasteiger partial charge in [0, 0.05) is 45.4 Å². The summed E-state index contributed by atoms with van der Waals surface area (Å²) in [6.07, 6.45) is 2.11.